The molecule has 12 heteroatoms. The monoisotopic (exact) mass is 612 g/mol. The van der Waals surface area contributed by atoms with Crippen molar-refractivity contribution < 1.29 is 40.9 Å². The molecule has 0 heterocycles. The molecule has 44 heavy (non-hydrogen) atoms. The molecule has 0 aliphatic carbocycles. The Hall–Kier alpha value is -4.24. The molecule has 4 atom stereocenters. The van der Waals surface area contributed by atoms with Crippen LogP contribution in [0.15, 0.2) is 97.1 Å². The van der Waals surface area contributed by atoms with Crippen molar-refractivity contribution in [2.75, 3.05) is 26.2 Å². The van der Waals surface area contributed by atoms with Gasteiger partial charge in [0.15, 0.2) is 0 Å². The number of rotatable bonds is 8. The molecule has 4 aromatic carbocycles. The van der Waals surface area contributed by atoms with Crippen molar-refractivity contribution >= 4 is 0 Å². The van der Waals surface area contributed by atoms with Gasteiger partial charge in [-0.25, -0.2) is 0 Å². The summed E-state index contributed by atoms with van der Waals surface area (Å²) in [7, 11) is 0. The molecule has 16 N–H and O–H groups in total. The Labute approximate surface area is 256 Å². The fourth-order valence-electron chi connectivity index (χ4n) is 3.33. The van der Waals surface area contributed by atoms with Gasteiger partial charge < -0.3 is 63.8 Å². The van der Waals surface area contributed by atoms with Gasteiger partial charge in [-0.2, -0.15) is 0 Å². The van der Waals surface area contributed by atoms with Crippen LogP contribution < -0.4 is 22.9 Å². The first-order chi connectivity index (χ1) is 20.9. The second kappa shape index (κ2) is 20.6. The van der Waals surface area contributed by atoms with Gasteiger partial charge in [0.1, 0.15) is 23.0 Å². The van der Waals surface area contributed by atoms with E-state index in [1.54, 1.807) is 48.5 Å². The van der Waals surface area contributed by atoms with Gasteiger partial charge in [0, 0.05) is 26.2 Å². The summed E-state index contributed by atoms with van der Waals surface area (Å²) < 4.78 is 0. The van der Waals surface area contributed by atoms with Crippen molar-refractivity contribution in [3.8, 4) is 23.0 Å². The molecule has 0 bridgehead atoms. The molecular weight excluding hydrogens is 568 g/mol. The minimum atomic E-state index is -0.629. The average molecular weight is 613 g/mol. The number of nitrogens with two attached hydrogens (primary N) is 4. The highest BCUT2D eigenvalue weighted by molar-refractivity contribution is 5.29. The Kier molecular flexibility index (Phi) is 17.7. The summed E-state index contributed by atoms with van der Waals surface area (Å²) in [6.07, 6.45) is -2.52. The Bertz CT molecular complexity index is 1090. The molecule has 4 rings (SSSR count). The van der Waals surface area contributed by atoms with Gasteiger partial charge >= 0.3 is 0 Å². The molecule has 4 unspecified atom stereocenters. The number of aliphatic hydroxyl groups excluding tert-OH is 4. The average Bonchev–Trinajstić information content (AvgIpc) is 3.05. The van der Waals surface area contributed by atoms with Gasteiger partial charge in [0.05, 0.1) is 24.4 Å². The summed E-state index contributed by atoms with van der Waals surface area (Å²) >= 11 is 0. The molecule has 0 aliphatic rings. The van der Waals surface area contributed by atoms with Crippen LogP contribution in [0.3, 0.4) is 0 Å². The van der Waals surface area contributed by atoms with Gasteiger partial charge in [-0.1, -0.05) is 48.5 Å². The first-order valence-electron chi connectivity index (χ1n) is 13.6. The maximum absolute atomic E-state index is 9.21. The van der Waals surface area contributed by atoms with Crippen molar-refractivity contribution in [3.05, 3.63) is 119 Å². The molecule has 0 aromatic heterocycles. The summed E-state index contributed by atoms with van der Waals surface area (Å²) in [6, 6.07) is 25.3. The SMILES string of the molecule is NCC(O)c1ccc(O)cc1.NCC(O)c1ccc(O)cc1.NCC(O)c1ccc(O)cc1.NCC(O)c1ccc(O)cc1. The molecule has 0 radical (unpaired) electrons. The third-order valence-electron chi connectivity index (χ3n) is 6.00. The van der Waals surface area contributed by atoms with Crippen molar-refractivity contribution in [1.82, 2.24) is 0 Å². The van der Waals surface area contributed by atoms with Crippen LogP contribution in [-0.2, 0) is 0 Å². The van der Waals surface area contributed by atoms with Gasteiger partial charge in [-0.15, -0.1) is 0 Å². The molecule has 0 saturated carbocycles. The standard InChI is InChI=1S/4C8H11NO2/c4*9-5-8(11)6-1-3-7(10)4-2-6/h4*1-4,8,10-11H,5,9H2. The molecule has 0 amide bonds. The number of phenolic OH excluding ortho intramolecular Hbond substituents is 4. The van der Waals surface area contributed by atoms with Crippen molar-refractivity contribution in [1.29, 1.82) is 0 Å². The fourth-order valence-corrected chi connectivity index (χ4v) is 3.33. The number of hydrogen-bond acceptors (Lipinski definition) is 12. The first-order valence-corrected chi connectivity index (χ1v) is 13.6. The molecule has 4 aromatic rings. The number of hydrogen-bond donors (Lipinski definition) is 12. The molecular formula is C32H44N4O8. The number of phenols is 4. The van der Waals surface area contributed by atoms with Crippen molar-refractivity contribution in [3.63, 3.8) is 0 Å². The lowest BCUT2D eigenvalue weighted by atomic mass is 10.1. The Morgan fingerprint density at radius 1 is 0.318 bits per heavy atom. The maximum atomic E-state index is 9.21. The number of benzene rings is 4. The minimum absolute atomic E-state index is 0.193. The van der Waals surface area contributed by atoms with Crippen LogP contribution in [0.25, 0.3) is 0 Å². The maximum Gasteiger partial charge on any atom is 0.115 e. The van der Waals surface area contributed by atoms with Gasteiger partial charge in [0.2, 0.25) is 0 Å². The Morgan fingerprint density at radius 2 is 0.455 bits per heavy atom. The zero-order valence-electron chi connectivity index (χ0n) is 24.3. The molecule has 0 spiro atoms. The summed E-state index contributed by atoms with van der Waals surface area (Å²) in [5.74, 6) is 0.770. The Morgan fingerprint density at radius 3 is 0.568 bits per heavy atom. The molecule has 240 valence electrons. The highest BCUT2D eigenvalue weighted by Gasteiger charge is 2.05. The van der Waals surface area contributed by atoms with Crippen LogP contribution in [0.1, 0.15) is 46.7 Å². The van der Waals surface area contributed by atoms with E-state index in [1.165, 1.54) is 48.5 Å². The fraction of sp³-hybridized carbons (Fsp3) is 0.250. The van der Waals surface area contributed by atoms with E-state index >= 15 is 0 Å². The third-order valence-corrected chi connectivity index (χ3v) is 6.00. The van der Waals surface area contributed by atoms with Crippen LogP contribution in [0.2, 0.25) is 0 Å². The van der Waals surface area contributed by atoms with Gasteiger partial charge in [-0.05, 0) is 70.8 Å². The Balaban J connectivity index is 0.000000293. The lowest BCUT2D eigenvalue weighted by Crippen LogP contribution is -2.10. The van der Waals surface area contributed by atoms with E-state index in [2.05, 4.69) is 0 Å². The summed E-state index contributed by atoms with van der Waals surface area (Å²) in [5, 5.41) is 72.4. The van der Waals surface area contributed by atoms with Crippen LogP contribution >= 0.6 is 0 Å². The van der Waals surface area contributed by atoms with Crippen LogP contribution in [-0.4, -0.2) is 67.0 Å². The topological polar surface area (TPSA) is 266 Å². The quantitative estimate of drug-likeness (QED) is 0.135. The predicted molar refractivity (Wildman–Crippen MR) is 168 cm³/mol. The second-order valence-corrected chi connectivity index (χ2v) is 9.37. The minimum Gasteiger partial charge on any atom is -0.508 e. The highest BCUT2D eigenvalue weighted by Crippen LogP contribution is 2.17. The third kappa shape index (κ3) is 14.3. The molecule has 0 aliphatic heterocycles. The summed E-state index contributed by atoms with van der Waals surface area (Å²) in [5.41, 5.74) is 23.8. The molecule has 0 fully saturated rings. The van der Waals surface area contributed by atoms with Crippen molar-refractivity contribution in [2.45, 2.75) is 24.4 Å². The van der Waals surface area contributed by atoms with Crippen molar-refractivity contribution in [2.24, 2.45) is 22.9 Å². The highest BCUT2D eigenvalue weighted by atomic mass is 16.3. The zero-order chi connectivity index (χ0) is 33.1. The van der Waals surface area contributed by atoms with E-state index in [4.69, 9.17) is 43.4 Å². The van der Waals surface area contributed by atoms with E-state index < -0.39 is 24.4 Å². The first kappa shape index (κ1) is 37.8. The van der Waals surface area contributed by atoms with E-state index in [0.717, 1.165) is 22.3 Å². The summed E-state index contributed by atoms with van der Waals surface area (Å²) in [6.45, 7) is 0.797. The van der Waals surface area contributed by atoms with E-state index in [0.29, 0.717) is 0 Å². The molecule has 0 saturated heterocycles. The van der Waals surface area contributed by atoms with E-state index in [1.807, 2.05) is 0 Å². The number of aliphatic hydroxyl groups is 4. The van der Waals surface area contributed by atoms with Crippen LogP contribution in [0.4, 0.5) is 0 Å². The van der Waals surface area contributed by atoms with Gasteiger partial charge in [-0.3, -0.25) is 0 Å². The van der Waals surface area contributed by atoms with E-state index in [-0.39, 0.29) is 49.2 Å². The summed E-state index contributed by atoms with van der Waals surface area (Å²) in [4.78, 5) is 0. The van der Waals surface area contributed by atoms with Crippen LogP contribution in [0.5, 0.6) is 23.0 Å². The van der Waals surface area contributed by atoms with Crippen LogP contribution in [0, 0.1) is 0 Å². The normalized spacial score (nSPS) is 12.9. The largest absolute Gasteiger partial charge is 0.508 e. The lowest BCUT2D eigenvalue weighted by molar-refractivity contribution is 0.186. The zero-order valence-corrected chi connectivity index (χ0v) is 24.3. The van der Waals surface area contributed by atoms with E-state index in [9.17, 15) is 20.4 Å². The molecule has 12 nitrogen and oxygen atoms in total. The second-order valence-electron chi connectivity index (χ2n) is 9.37. The van der Waals surface area contributed by atoms with Gasteiger partial charge in [0.25, 0.3) is 0 Å². The lowest BCUT2D eigenvalue weighted by Gasteiger charge is -2.06. The number of aromatic hydroxyl groups is 4. The smallest absolute Gasteiger partial charge is 0.115 e. The predicted octanol–water partition coefficient (Wildman–Crippen LogP) is 1.54.